The van der Waals surface area contributed by atoms with Crippen molar-refractivity contribution in [3.05, 3.63) is 45.8 Å². The molecular weight excluding hydrogens is 330 g/mol. The predicted molar refractivity (Wildman–Crippen MR) is 84.6 cm³/mol. The Bertz CT molecular complexity index is 785. The van der Waals surface area contributed by atoms with E-state index in [1.165, 1.54) is 10.4 Å². The summed E-state index contributed by atoms with van der Waals surface area (Å²) in [7, 11) is -3.63. The Labute approximate surface area is 132 Å². The Balaban J connectivity index is 2.11. The fraction of sp³-hybridized carbons (Fsp3) is 0.286. The minimum absolute atomic E-state index is 0.218. The molecular formula is C14H14ClNO3S2. The van der Waals surface area contributed by atoms with Gasteiger partial charge in [0, 0.05) is 12.1 Å². The summed E-state index contributed by atoms with van der Waals surface area (Å²) in [4.78, 5) is 0. The average molecular weight is 344 g/mol. The van der Waals surface area contributed by atoms with Crippen molar-refractivity contribution in [3.63, 3.8) is 0 Å². The first-order valence-electron chi connectivity index (χ1n) is 6.46. The molecule has 4 nitrogen and oxygen atoms in total. The van der Waals surface area contributed by atoms with Gasteiger partial charge in [-0.2, -0.15) is 0 Å². The molecule has 1 aromatic carbocycles. The van der Waals surface area contributed by atoms with Gasteiger partial charge >= 0.3 is 0 Å². The van der Waals surface area contributed by atoms with Crippen LogP contribution in [-0.2, 0) is 10.0 Å². The Morgan fingerprint density at radius 1 is 1.33 bits per heavy atom. The predicted octanol–water partition coefficient (Wildman–Crippen LogP) is 3.34. The third-order valence-electron chi connectivity index (χ3n) is 3.51. The van der Waals surface area contributed by atoms with E-state index in [2.05, 4.69) is 0 Å². The molecule has 2 aromatic rings. The minimum atomic E-state index is -3.63. The van der Waals surface area contributed by atoms with Crippen LogP contribution in [0.2, 0.25) is 4.34 Å². The highest BCUT2D eigenvalue weighted by molar-refractivity contribution is 7.94. The zero-order valence-electron chi connectivity index (χ0n) is 11.3. The highest BCUT2D eigenvalue weighted by Crippen LogP contribution is 2.39. The number of rotatable bonds is 2. The number of aryl methyl sites for hydroxylation is 1. The van der Waals surface area contributed by atoms with Crippen LogP contribution in [-0.4, -0.2) is 20.1 Å². The topological polar surface area (TPSA) is 57.6 Å². The van der Waals surface area contributed by atoms with E-state index in [0.717, 1.165) is 16.9 Å². The van der Waals surface area contributed by atoms with E-state index in [-0.39, 0.29) is 10.8 Å². The van der Waals surface area contributed by atoms with E-state index >= 15 is 0 Å². The monoisotopic (exact) mass is 343 g/mol. The first-order chi connectivity index (χ1) is 9.89. The van der Waals surface area contributed by atoms with Crippen molar-refractivity contribution in [2.45, 2.75) is 23.7 Å². The van der Waals surface area contributed by atoms with E-state index < -0.39 is 16.1 Å². The molecule has 0 amide bonds. The fourth-order valence-corrected chi connectivity index (χ4v) is 5.58. The van der Waals surface area contributed by atoms with Crippen molar-refractivity contribution in [3.8, 4) is 0 Å². The summed E-state index contributed by atoms with van der Waals surface area (Å²) in [6.45, 7) is 2.18. The van der Waals surface area contributed by atoms with Gasteiger partial charge in [-0.3, -0.25) is 4.31 Å². The lowest BCUT2D eigenvalue weighted by molar-refractivity contribution is 0.166. The molecule has 1 aliphatic heterocycles. The van der Waals surface area contributed by atoms with Gasteiger partial charge in [0.15, 0.2) is 0 Å². The van der Waals surface area contributed by atoms with Crippen LogP contribution in [0.15, 0.2) is 34.5 Å². The number of anilines is 1. The van der Waals surface area contributed by atoms with E-state index in [0.29, 0.717) is 22.0 Å². The Kier molecular flexibility index (Phi) is 3.73. The maximum atomic E-state index is 12.8. The lowest BCUT2D eigenvalue weighted by Gasteiger charge is -2.32. The maximum absolute atomic E-state index is 12.8. The normalized spacial score (nSPS) is 18.6. The summed E-state index contributed by atoms with van der Waals surface area (Å²) in [5.41, 5.74) is 2.20. The van der Waals surface area contributed by atoms with Crippen LogP contribution in [0.1, 0.15) is 23.7 Å². The molecule has 1 aliphatic rings. The number of halogens is 1. The molecule has 0 saturated heterocycles. The number of nitrogens with zero attached hydrogens (tertiary/aromatic N) is 1. The second-order valence-electron chi connectivity index (χ2n) is 5.00. The van der Waals surface area contributed by atoms with Crippen molar-refractivity contribution in [1.29, 1.82) is 0 Å². The van der Waals surface area contributed by atoms with Crippen molar-refractivity contribution in [1.82, 2.24) is 0 Å². The van der Waals surface area contributed by atoms with Crippen LogP contribution in [0.5, 0.6) is 0 Å². The van der Waals surface area contributed by atoms with Gasteiger partial charge in [0.05, 0.1) is 16.1 Å². The van der Waals surface area contributed by atoms with Crippen LogP contribution < -0.4 is 4.31 Å². The van der Waals surface area contributed by atoms with E-state index in [9.17, 15) is 13.5 Å². The van der Waals surface area contributed by atoms with Crippen molar-refractivity contribution < 1.29 is 13.5 Å². The van der Waals surface area contributed by atoms with Gasteiger partial charge in [0.2, 0.25) is 0 Å². The van der Waals surface area contributed by atoms with E-state index in [1.807, 2.05) is 19.1 Å². The minimum Gasteiger partial charge on any atom is -0.388 e. The van der Waals surface area contributed by atoms with Crippen LogP contribution in [0.4, 0.5) is 5.69 Å². The molecule has 0 bridgehead atoms. The maximum Gasteiger partial charge on any atom is 0.273 e. The van der Waals surface area contributed by atoms with Gasteiger partial charge < -0.3 is 5.11 Å². The standard InChI is InChI=1S/C14H14ClNO3S2/c1-9-2-3-11-10(8-9)12(17)6-7-16(11)21(18,19)14-5-4-13(15)20-14/h2-5,8,12,17H,6-7H2,1H3. The number of hydrogen-bond acceptors (Lipinski definition) is 4. The lowest BCUT2D eigenvalue weighted by Crippen LogP contribution is -2.36. The second kappa shape index (κ2) is 5.28. The Morgan fingerprint density at radius 2 is 2.10 bits per heavy atom. The smallest absolute Gasteiger partial charge is 0.273 e. The zero-order chi connectivity index (χ0) is 15.2. The number of benzene rings is 1. The van der Waals surface area contributed by atoms with Crippen molar-refractivity contribution in [2.24, 2.45) is 0 Å². The summed E-state index contributed by atoms with van der Waals surface area (Å²) >= 11 is 6.89. The largest absolute Gasteiger partial charge is 0.388 e. The number of sulfonamides is 1. The van der Waals surface area contributed by atoms with Gasteiger partial charge in [-0.15, -0.1) is 11.3 Å². The molecule has 1 unspecified atom stereocenters. The van der Waals surface area contributed by atoms with Crippen LogP contribution in [0.3, 0.4) is 0 Å². The molecule has 2 heterocycles. The van der Waals surface area contributed by atoms with Gasteiger partial charge in [-0.25, -0.2) is 8.42 Å². The second-order valence-corrected chi connectivity index (χ2v) is 8.81. The third kappa shape index (κ3) is 2.57. The molecule has 0 aliphatic carbocycles. The fourth-order valence-electron chi connectivity index (χ4n) is 2.48. The van der Waals surface area contributed by atoms with Crippen LogP contribution in [0.25, 0.3) is 0 Å². The number of hydrogen-bond donors (Lipinski definition) is 1. The molecule has 0 radical (unpaired) electrons. The van der Waals surface area contributed by atoms with Gasteiger partial charge in [-0.1, -0.05) is 29.3 Å². The first-order valence-corrected chi connectivity index (χ1v) is 9.10. The number of thiophene rings is 1. The molecule has 0 saturated carbocycles. The lowest BCUT2D eigenvalue weighted by atomic mass is 9.99. The third-order valence-corrected chi connectivity index (χ3v) is 7.02. The summed E-state index contributed by atoms with van der Waals surface area (Å²) in [5.74, 6) is 0. The SMILES string of the molecule is Cc1ccc2c(c1)C(O)CCN2S(=O)(=O)c1ccc(Cl)s1. The Hall–Kier alpha value is -1.08. The molecule has 1 N–H and O–H groups in total. The molecule has 1 atom stereocenters. The van der Waals surface area contributed by atoms with Gasteiger partial charge in [0.25, 0.3) is 10.0 Å². The average Bonchev–Trinajstić information content (AvgIpc) is 2.87. The summed E-state index contributed by atoms with van der Waals surface area (Å²) in [5, 5.41) is 10.1. The zero-order valence-corrected chi connectivity index (χ0v) is 13.7. The molecule has 3 rings (SSSR count). The van der Waals surface area contributed by atoms with E-state index in [1.54, 1.807) is 12.1 Å². The first kappa shape index (κ1) is 14.8. The molecule has 112 valence electrons. The van der Waals surface area contributed by atoms with E-state index in [4.69, 9.17) is 11.6 Å². The molecule has 21 heavy (non-hydrogen) atoms. The number of aliphatic hydroxyl groups is 1. The van der Waals surface area contributed by atoms with Gasteiger partial charge in [-0.05, 0) is 31.5 Å². The summed E-state index contributed by atoms with van der Waals surface area (Å²) in [6, 6.07) is 8.53. The number of aliphatic hydroxyl groups excluding tert-OH is 1. The highest BCUT2D eigenvalue weighted by atomic mass is 35.5. The molecule has 7 heteroatoms. The molecule has 0 fully saturated rings. The summed E-state index contributed by atoms with van der Waals surface area (Å²) < 4.78 is 27.5. The van der Waals surface area contributed by atoms with Crippen LogP contribution in [0, 0.1) is 6.92 Å². The number of fused-ring (bicyclic) bond motifs is 1. The van der Waals surface area contributed by atoms with Crippen molar-refractivity contribution >= 4 is 38.6 Å². The highest BCUT2D eigenvalue weighted by Gasteiger charge is 2.33. The summed E-state index contributed by atoms with van der Waals surface area (Å²) in [6.07, 6.45) is -0.243. The van der Waals surface area contributed by atoms with Crippen LogP contribution >= 0.6 is 22.9 Å². The molecule has 1 aromatic heterocycles. The Morgan fingerprint density at radius 3 is 2.76 bits per heavy atom. The van der Waals surface area contributed by atoms with Gasteiger partial charge in [0.1, 0.15) is 4.21 Å². The van der Waals surface area contributed by atoms with Crippen molar-refractivity contribution in [2.75, 3.05) is 10.8 Å². The molecule has 0 spiro atoms. The quantitative estimate of drug-likeness (QED) is 0.909.